The van der Waals surface area contributed by atoms with Gasteiger partial charge in [0.15, 0.2) is 0 Å². The van der Waals surface area contributed by atoms with Gasteiger partial charge in [0.2, 0.25) is 5.91 Å². The SMILES string of the molecule is C#CCCCNC(C(N)=O)C(C)C. The molecule has 0 aliphatic heterocycles. The molecule has 1 unspecified atom stereocenters. The monoisotopic (exact) mass is 182 g/mol. The van der Waals surface area contributed by atoms with Crippen molar-refractivity contribution in [3.8, 4) is 12.3 Å². The van der Waals surface area contributed by atoms with Gasteiger partial charge in [0.25, 0.3) is 0 Å². The first-order valence-corrected chi connectivity index (χ1v) is 4.55. The summed E-state index contributed by atoms with van der Waals surface area (Å²) in [6.07, 6.45) is 6.71. The second-order valence-corrected chi connectivity index (χ2v) is 3.39. The molecule has 0 aliphatic rings. The first-order valence-electron chi connectivity index (χ1n) is 4.55. The van der Waals surface area contributed by atoms with Gasteiger partial charge in [-0.1, -0.05) is 13.8 Å². The molecule has 74 valence electrons. The van der Waals surface area contributed by atoms with E-state index in [4.69, 9.17) is 12.2 Å². The van der Waals surface area contributed by atoms with Crippen molar-refractivity contribution in [1.82, 2.24) is 5.32 Å². The summed E-state index contributed by atoms with van der Waals surface area (Å²) in [5.41, 5.74) is 5.21. The maximum Gasteiger partial charge on any atom is 0.234 e. The molecule has 0 aromatic heterocycles. The lowest BCUT2D eigenvalue weighted by atomic mass is 10.0. The molecule has 0 aromatic carbocycles. The van der Waals surface area contributed by atoms with Gasteiger partial charge in [0, 0.05) is 6.42 Å². The number of carbonyl (C=O) groups is 1. The molecule has 0 bridgehead atoms. The lowest BCUT2D eigenvalue weighted by molar-refractivity contribution is -0.120. The molecule has 1 amide bonds. The van der Waals surface area contributed by atoms with Gasteiger partial charge < -0.3 is 11.1 Å². The number of unbranched alkanes of at least 4 members (excludes halogenated alkanes) is 1. The third kappa shape index (κ3) is 5.26. The van der Waals surface area contributed by atoms with E-state index in [1.807, 2.05) is 13.8 Å². The predicted molar refractivity (Wildman–Crippen MR) is 53.9 cm³/mol. The van der Waals surface area contributed by atoms with Crippen LogP contribution < -0.4 is 11.1 Å². The van der Waals surface area contributed by atoms with E-state index >= 15 is 0 Å². The normalized spacial score (nSPS) is 12.5. The molecule has 13 heavy (non-hydrogen) atoms. The molecule has 3 heteroatoms. The predicted octanol–water partition coefficient (Wildman–Crippen LogP) is 0.499. The minimum absolute atomic E-state index is 0.225. The van der Waals surface area contributed by atoms with Crippen LogP contribution in [0.5, 0.6) is 0 Å². The Morgan fingerprint density at radius 3 is 2.62 bits per heavy atom. The molecule has 0 aliphatic carbocycles. The number of nitrogens with one attached hydrogen (secondary N) is 1. The number of terminal acetylenes is 1. The van der Waals surface area contributed by atoms with Gasteiger partial charge in [0.1, 0.15) is 0 Å². The Bertz CT molecular complexity index is 194. The van der Waals surface area contributed by atoms with Crippen molar-refractivity contribution in [2.75, 3.05) is 6.54 Å². The Kier molecular flexibility index (Phi) is 5.99. The summed E-state index contributed by atoms with van der Waals surface area (Å²) in [6, 6.07) is -0.238. The van der Waals surface area contributed by atoms with Crippen LogP contribution in [0.1, 0.15) is 26.7 Å². The molecule has 1 atom stereocenters. The molecular weight excluding hydrogens is 164 g/mol. The van der Waals surface area contributed by atoms with E-state index in [0.29, 0.717) is 0 Å². The molecule has 0 saturated heterocycles. The standard InChI is InChI=1S/C10H18N2O/c1-4-5-6-7-12-9(8(2)3)10(11)13/h1,8-9,12H,5-7H2,2-3H3,(H2,11,13). The number of primary amides is 1. The zero-order valence-electron chi connectivity index (χ0n) is 8.34. The van der Waals surface area contributed by atoms with Gasteiger partial charge in [0.05, 0.1) is 6.04 Å². The molecule has 3 nitrogen and oxygen atoms in total. The number of amides is 1. The summed E-state index contributed by atoms with van der Waals surface area (Å²) in [5, 5.41) is 3.08. The minimum atomic E-state index is -0.296. The van der Waals surface area contributed by atoms with Crippen LogP contribution in [0.25, 0.3) is 0 Å². The largest absolute Gasteiger partial charge is 0.368 e. The molecule has 0 heterocycles. The Balaban J connectivity index is 3.72. The molecule has 0 radical (unpaired) electrons. The minimum Gasteiger partial charge on any atom is -0.368 e. The van der Waals surface area contributed by atoms with Crippen LogP contribution in [0.2, 0.25) is 0 Å². The van der Waals surface area contributed by atoms with Crippen molar-refractivity contribution in [2.24, 2.45) is 11.7 Å². The Morgan fingerprint density at radius 1 is 1.62 bits per heavy atom. The van der Waals surface area contributed by atoms with E-state index < -0.39 is 0 Å². The van der Waals surface area contributed by atoms with Crippen LogP contribution in [0, 0.1) is 18.3 Å². The highest BCUT2D eigenvalue weighted by atomic mass is 16.1. The Morgan fingerprint density at radius 2 is 2.23 bits per heavy atom. The highest BCUT2D eigenvalue weighted by Gasteiger charge is 2.17. The average Bonchev–Trinajstić information content (AvgIpc) is 2.02. The molecule has 0 saturated carbocycles. The third-order valence-electron chi connectivity index (χ3n) is 1.84. The third-order valence-corrected chi connectivity index (χ3v) is 1.84. The van der Waals surface area contributed by atoms with Crippen LogP contribution >= 0.6 is 0 Å². The molecular formula is C10H18N2O. The number of hydrogen-bond acceptors (Lipinski definition) is 2. The van der Waals surface area contributed by atoms with E-state index in [0.717, 1.165) is 19.4 Å². The van der Waals surface area contributed by atoms with Gasteiger partial charge in [-0.15, -0.1) is 12.3 Å². The average molecular weight is 182 g/mol. The fraction of sp³-hybridized carbons (Fsp3) is 0.700. The molecule has 3 N–H and O–H groups in total. The highest BCUT2D eigenvalue weighted by Crippen LogP contribution is 2.00. The quantitative estimate of drug-likeness (QED) is 0.464. The van der Waals surface area contributed by atoms with Crippen molar-refractivity contribution in [3.63, 3.8) is 0 Å². The Hall–Kier alpha value is -1.01. The fourth-order valence-corrected chi connectivity index (χ4v) is 1.11. The van der Waals surface area contributed by atoms with Gasteiger partial charge in [-0.25, -0.2) is 0 Å². The zero-order chi connectivity index (χ0) is 10.3. The van der Waals surface area contributed by atoms with Gasteiger partial charge >= 0.3 is 0 Å². The summed E-state index contributed by atoms with van der Waals surface area (Å²) >= 11 is 0. The van der Waals surface area contributed by atoms with Crippen LogP contribution in [-0.4, -0.2) is 18.5 Å². The summed E-state index contributed by atoms with van der Waals surface area (Å²) in [4.78, 5) is 10.9. The second kappa shape index (κ2) is 6.50. The smallest absolute Gasteiger partial charge is 0.234 e. The summed E-state index contributed by atoms with van der Waals surface area (Å²) < 4.78 is 0. The van der Waals surface area contributed by atoms with Crippen LogP contribution in [0.3, 0.4) is 0 Å². The number of hydrogen-bond donors (Lipinski definition) is 2. The Labute approximate surface area is 80.1 Å². The lowest BCUT2D eigenvalue weighted by Crippen LogP contribution is -2.45. The zero-order valence-corrected chi connectivity index (χ0v) is 8.34. The molecule has 0 aromatic rings. The van der Waals surface area contributed by atoms with E-state index in [1.54, 1.807) is 0 Å². The second-order valence-electron chi connectivity index (χ2n) is 3.39. The van der Waals surface area contributed by atoms with E-state index in [-0.39, 0.29) is 17.9 Å². The van der Waals surface area contributed by atoms with Crippen molar-refractivity contribution in [2.45, 2.75) is 32.7 Å². The van der Waals surface area contributed by atoms with Gasteiger partial charge in [-0.3, -0.25) is 4.79 Å². The lowest BCUT2D eigenvalue weighted by Gasteiger charge is -2.18. The van der Waals surface area contributed by atoms with Crippen LogP contribution in [0.4, 0.5) is 0 Å². The van der Waals surface area contributed by atoms with E-state index in [9.17, 15) is 4.79 Å². The molecule has 0 rings (SSSR count). The van der Waals surface area contributed by atoms with Crippen molar-refractivity contribution >= 4 is 5.91 Å². The van der Waals surface area contributed by atoms with Crippen molar-refractivity contribution in [1.29, 1.82) is 0 Å². The first-order chi connectivity index (χ1) is 6.09. The van der Waals surface area contributed by atoms with Crippen molar-refractivity contribution < 1.29 is 4.79 Å². The fourth-order valence-electron chi connectivity index (χ4n) is 1.11. The molecule has 0 spiro atoms. The topological polar surface area (TPSA) is 55.1 Å². The number of carbonyl (C=O) groups excluding carboxylic acids is 1. The number of nitrogens with two attached hydrogens (primary N) is 1. The summed E-state index contributed by atoms with van der Waals surface area (Å²) in [5.74, 6) is 2.47. The van der Waals surface area contributed by atoms with Gasteiger partial charge in [-0.2, -0.15) is 0 Å². The maximum absolute atomic E-state index is 10.9. The molecule has 0 fully saturated rings. The van der Waals surface area contributed by atoms with E-state index in [1.165, 1.54) is 0 Å². The van der Waals surface area contributed by atoms with Crippen LogP contribution in [0.15, 0.2) is 0 Å². The van der Waals surface area contributed by atoms with Crippen LogP contribution in [-0.2, 0) is 4.79 Å². The summed E-state index contributed by atoms with van der Waals surface area (Å²) in [7, 11) is 0. The van der Waals surface area contributed by atoms with E-state index in [2.05, 4.69) is 11.2 Å². The first kappa shape index (κ1) is 12.0. The van der Waals surface area contributed by atoms with Crippen molar-refractivity contribution in [3.05, 3.63) is 0 Å². The summed E-state index contributed by atoms with van der Waals surface area (Å²) in [6.45, 7) is 4.67. The highest BCUT2D eigenvalue weighted by molar-refractivity contribution is 5.80. The number of rotatable bonds is 6. The maximum atomic E-state index is 10.9. The van der Waals surface area contributed by atoms with Gasteiger partial charge in [-0.05, 0) is 18.9 Å².